The molecular formula is C22H23F3N4O3. The van der Waals surface area contributed by atoms with Crippen LogP contribution in [0.3, 0.4) is 0 Å². The van der Waals surface area contributed by atoms with Gasteiger partial charge in [-0.2, -0.15) is 13.2 Å². The number of alkyl halides is 3. The van der Waals surface area contributed by atoms with E-state index in [4.69, 9.17) is 14.5 Å². The van der Waals surface area contributed by atoms with Gasteiger partial charge in [-0.1, -0.05) is 6.07 Å². The number of hydrogen-bond acceptors (Lipinski definition) is 5. The highest BCUT2D eigenvalue weighted by molar-refractivity contribution is 6.03. The van der Waals surface area contributed by atoms with E-state index in [-0.39, 0.29) is 17.7 Å². The fourth-order valence-corrected chi connectivity index (χ4v) is 3.58. The van der Waals surface area contributed by atoms with Crippen LogP contribution >= 0.6 is 0 Å². The average molecular weight is 448 g/mol. The molecule has 0 bridgehead atoms. The number of pyridine rings is 2. The SMILES string of the molecule is CC(C)Oc1cc2nc(C3CCOCC3)cn2cc1NC(=O)c1cccc(C(F)(F)F)n1. The Labute approximate surface area is 182 Å². The molecule has 1 N–H and O–H groups in total. The van der Waals surface area contributed by atoms with E-state index < -0.39 is 17.8 Å². The molecule has 0 atom stereocenters. The highest BCUT2D eigenvalue weighted by Crippen LogP contribution is 2.32. The first-order valence-electron chi connectivity index (χ1n) is 10.3. The number of halogens is 3. The number of aromatic nitrogens is 3. The number of imidazole rings is 1. The van der Waals surface area contributed by atoms with Crippen molar-refractivity contribution in [3.63, 3.8) is 0 Å². The van der Waals surface area contributed by atoms with E-state index in [2.05, 4.69) is 10.3 Å². The topological polar surface area (TPSA) is 77.8 Å². The van der Waals surface area contributed by atoms with Gasteiger partial charge in [0, 0.05) is 37.6 Å². The zero-order valence-corrected chi connectivity index (χ0v) is 17.6. The number of nitrogens with zero attached hydrogens (tertiary/aromatic N) is 3. The third-order valence-corrected chi connectivity index (χ3v) is 5.10. The van der Waals surface area contributed by atoms with Gasteiger partial charge < -0.3 is 19.2 Å². The van der Waals surface area contributed by atoms with Crippen molar-refractivity contribution in [2.75, 3.05) is 18.5 Å². The number of carbonyl (C=O) groups is 1. The van der Waals surface area contributed by atoms with Crippen LogP contribution in [0.4, 0.5) is 18.9 Å². The van der Waals surface area contributed by atoms with Crippen LogP contribution in [0.25, 0.3) is 5.65 Å². The molecule has 0 saturated carbocycles. The summed E-state index contributed by atoms with van der Waals surface area (Å²) < 4.78 is 51.9. The van der Waals surface area contributed by atoms with Gasteiger partial charge in [-0.05, 0) is 38.8 Å². The molecule has 1 amide bonds. The number of carbonyl (C=O) groups excluding carboxylic acids is 1. The third kappa shape index (κ3) is 4.85. The minimum atomic E-state index is -4.64. The van der Waals surface area contributed by atoms with Gasteiger partial charge in [0.2, 0.25) is 0 Å². The molecule has 1 saturated heterocycles. The largest absolute Gasteiger partial charge is 0.489 e. The quantitative estimate of drug-likeness (QED) is 0.613. The first-order valence-corrected chi connectivity index (χ1v) is 10.3. The second kappa shape index (κ2) is 8.78. The van der Waals surface area contributed by atoms with Crippen LogP contribution in [0.5, 0.6) is 5.75 Å². The van der Waals surface area contributed by atoms with Crippen molar-refractivity contribution in [1.29, 1.82) is 0 Å². The molecule has 1 fully saturated rings. The number of nitrogens with one attached hydrogen (secondary N) is 1. The molecule has 1 aliphatic heterocycles. The van der Waals surface area contributed by atoms with Crippen LogP contribution in [0.2, 0.25) is 0 Å². The van der Waals surface area contributed by atoms with Crippen LogP contribution in [-0.2, 0) is 10.9 Å². The zero-order valence-electron chi connectivity index (χ0n) is 17.6. The molecule has 0 spiro atoms. The minimum Gasteiger partial charge on any atom is -0.489 e. The van der Waals surface area contributed by atoms with E-state index in [9.17, 15) is 18.0 Å². The van der Waals surface area contributed by atoms with Crippen LogP contribution in [0.15, 0.2) is 36.7 Å². The Balaban J connectivity index is 1.66. The molecule has 3 aromatic rings. The van der Waals surface area contributed by atoms with Crippen LogP contribution in [-0.4, -0.2) is 39.6 Å². The predicted octanol–water partition coefficient (Wildman–Crippen LogP) is 4.68. The first kappa shape index (κ1) is 22.1. The van der Waals surface area contributed by atoms with Crippen LogP contribution < -0.4 is 10.1 Å². The number of amides is 1. The number of hydrogen-bond donors (Lipinski definition) is 1. The summed E-state index contributed by atoms with van der Waals surface area (Å²) in [6.07, 6.45) is 0.466. The monoisotopic (exact) mass is 448 g/mol. The van der Waals surface area contributed by atoms with Gasteiger partial charge in [0.25, 0.3) is 5.91 Å². The summed E-state index contributed by atoms with van der Waals surface area (Å²) in [6, 6.07) is 4.90. The Morgan fingerprint density at radius 3 is 2.66 bits per heavy atom. The van der Waals surface area contributed by atoms with Crippen molar-refractivity contribution in [3.05, 3.63) is 53.7 Å². The molecule has 3 aromatic heterocycles. The fourth-order valence-electron chi connectivity index (χ4n) is 3.58. The lowest BCUT2D eigenvalue weighted by Gasteiger charge is -2.19. The fraction of sp³-hybridized carbons (Fsp3) is 0.409. The maximum atomic E-state index is 13.0. The summed E-state index contributed by atoms with van der Waals surface area (Å²) in [4.78, 5) is 20.8. The van der Waals surface area contributed by atoms with E-state index in [0.29, 0.717) is 30.3 Å². The molecule has 4 rings (SSSR count). The van der Waals surface area contributed by atoms with Crippen molar-refractivity contribution in [2.45, 2.75) is 44.9 Å². The van der Waals surface area contributed by atoms with E-state index in [1.165, 1.54) is 6.07 Å². The first-order chi connectivity index (χ1) is 15.2. The summed E-state index contributed by atoms with van der Waals surface area (Å²) >= 11 is 0. The number of anilines is 1. The maximum absolute atomic E-state index is 13.0. The predicted molar refractivity (Wildman–Crippen MR) is 111 cm³/mol. The maximum Gasteiger partial charge on any atom is 0.433 e. The molecule has 0 aromatic carbocycles. The highest BCUT2D eigenvalue weighted by Gasteiger charge is 2.33. The van der Waals surface area contributed by atoms with Gasteiger partial charge in [0.05, 0.1) is 11.8 Å². The summed E-state index contributed by atoms with van der Waals surface area (Å²) in [5.41, 5.74) is 0.411. The molecule has 10 heteroatoms. The Morgan fingerprint density at radius 2 is 1.97 bits per heavy atom. The molecule has 170 valence electrons. The lowest BCUT2D eigenvalue weighted by atomic mass is 9.97. The number of rotatable bonds is 5. The van der Waals surface area contributed by atoms with Gasteiger partial charge in [0.1, 0.15) is 28.5 Å². The number of ether oxygens (including phenoxy) is 2. The Morgan fingerprint density at radius 1 is 1.22 bits per heavy atom. The van der Waals surface area contributed by atoms with E-state index in [0.717, 1.165) is 30.7 Å². The van der Waals surface area contributed by atoms with Crippen molar-refractivity contribution in [3.8, 4) is 5.75 Å². The second-order valence-corrected chi connectivity index (χ2v) is 7.90. The second-order valence-electron chi connectivity index (χ2n) is 7.90. The molecule has 7 nitrogen and oxygen atoms in total. The van der Waals surface area contributed by atoms with E-state index in [1.807, 2.05) is 20.0 Å². The van der Waals surface area contributed by atoms with Gasteiger partial charge in [-0.15, -0.1) is 0 Å². The van der Waals surface area contributed by atoms with Crippen molar-refractivity contribution in [2.24, 2.45) is 0 Å². The van der Waals surface area contributed by atoms with E-state index >= 15 is 0 Å². The number of fused-ring (bicyclic) bond motifs is 1. The van der Waals surface area contributed by atoms with Gasteiger partial charge in [-0.25, -0.2) is 9.97 Å². The minimum absolute atomic E-state index is 0.190. The molecular weight excluding hydrogens is 425 g/mol. The Bertz CT molecular complexity index is 1120. The molecule has 0 aliphatic carbocycles. The van der Waals surface area contributed by atoms with Gasteiger partial charge in [-0.3, -0.25) is 4.79 Å². The normalized spacial score (nSPS) is 15.3. The van der Waals surface area contributed by atoms with Crippen molar-refractivity contribution < 1.29 is 27.4 Å². The molecule has 4 heterocycles. The van der Waals surface area contributed by atoms with Crippen molar-refractivity contribution >= 4 is 17.2 Å². The lowest BCUT2D eigenvalue weighted by molar-refractivity contribution is -0.141. The van der Waals surface area contributed by atoms with Gasteiger partial charge in [0.15, 0.2) is 0 Å². The Kier molecular flexibility index (Phi) is 6.05. The standard InChI is InChI=1S/C22H23F3N4O3/c1-13(2)32-18-10-20-27-16(14-6-8-31-9-7-14)11-29(20)12-17(18)28-21(30)15-4-3-5-19(26-15)22(23,24)25/h3-5,10-14H,6-9H2,1-2H3,(H,28,30). The highest BCUT2D eigenvalue weighted by atomic mass is 19.4. The summed E-state index contributed by atoms with van der Waals surface area (Å²) in [5.74, 6) is -0.115. The van der Waals surface area contributed by atoms with Gasteiger partial charge >= 0.3 is 6.18 Å². The zero-order chi connectivity index (χ0) is 22.9. The third-order valence-electron chi connectivity index (χ3n) is 5.10. The summed E-state index contributed by atoms with van der Waals surface area (Å²) in [5, 5.41) is 2.63. The summed E-state index contributed by atoms with van der Waals surface area (Å²) in [7, 11) is 0. The average Bonchev–Trinajstić information content (AvgIpc) is 3.16. The van der Waals surface area contributed by atoms with Crippen LogP contribution in [0.1, 0.15) is 54.5 Å². The molecule has 0 radical (unpaired) electrons. The molecule has 32 heavy (non-hydrogen) atoms. The molecule has 1 aliphatic rings. The van der Waals surface area contributed by atoms with Crippen molar-refractivity contribution in [1.82, 2.24) is 14.4 Å². The molecule has 0 unspecified atom stereocenters. The van der Waals surface area contributed by atoms with Crippen LogP contribution in [0, 0.1) is 0 Å². The van der Waals surface area contributed by atoms with E-state index in [1.54, 1.807) is 16.7 Å². The lowest BCUT2D eigenvalue weighted by Crippen LogP contribution is -2.18. The summed E-state index contributed by atoms with van der Waals surface area (Å²) in [6.45, 7) is 5.05. The Hall–Kier alpha value is -3.14. The smallest absolute Gasteiger partial charge is 0.433 e.